The number of rotatable bonds is 1. The molecule has 0 spiro atoms. The number of primary amides is 1. The van der Waals surface area contributed by atoms with Gasteiger partial charge in [-0.25, -0.2) is 9.97 Å². The fraction of sp³-hybridized carbons (Fsp3) is 0. The molecular formula is C11H7N5O. The van der Waals surface area contributed by atoms with Crippen molar-refractivity contribution in [1.29, 1.82) is 0 Å². The SMILES string of the molecule is NC(=O)c1ccc2ccc3ncnc3c2nn1. The summed E-state index contributed by atoms with van der Waals surface area (Å²) in [6, 6.07) is 6.98. The molecule has 0 atom stereocenters. The van der Waals surface area contributed by atoms with Gasteiger partial charge in [0.2, 0.25) is 0 Å². The van der Waals surface area contributed by atoms with Gasteiger partial charge in [-0.1, -0.05) is 12.1 Å². The minimum Gasteiger partial charge on any atom is -0.364 e. The van der Waals surface area contributed by atoms with E-state index >= 15 is 0 Å². The van der Waals surface area contributed by atoms with Crippen molar-refractivity contribution in [3.05, 3.63) is 36.3 Å². The molecule has 3 rings (SSSR count). The van der Waals surface area contributed by atoms with Crippen LogP contribution < -0.4 is 5.73 Å². The van der Waals surface area contributed by atoms with E-state index in [1.54, 1.807) is 12.1 Å². The topological polar surface area (TPSA) is 94.7 Å². The van der Waals surface area contributed by atoms with Gasteiger partial charge in [0.1, 0.15) is 17.4 Å². The second-order valence-corrected chi connectivity index (χ2v) is 3.53. The second-order valence-electron chi connectivity index (χ2n) is 3.53. The molecule has 0 unspecified atom stereocenters. The van der Waals surface area contributed by atoms with Gasteiger partial charge in [0, 0.05) is 5.39 Å². The Morgan fingerprint density at radius 1 is 1.00 bits per heavy atom. The molecule has 0 aliphatic heterocycles. The van der Waals surface area contributed by atoms with E-state index in [0.29, 0.717) is 11.0 Å². The van der Waals surface area contributed by atoms with Gasteiger partial charge in [0.15, 0.2) is 5.69 Å². The van der Waals surface area contributed by atoms with Crippen LogP contribution in [0.25, 0.3) is 21.9 Å². The van der Waals surface area contributed by atoms with Gasteiger partial charge < -0.3 is 5.73 Å². The Balaban J connectivity index is 2.44. The summed E-state index contributed by atoms with van der Waals surface area (Å²) in [5, 5.41) is 8.65. The van der Waals surface area contributed by atoms with E-state index in [-0.39, 0.29) is 5.69 Å². The largest absolute Gasteiger partial charge is 0.364 e. The lowest BCUT2D eigenvalue weighted by Crippen LogP contribution is -2.12. The predicted molar refractivity (Wildman–Crippen MR) is 61.2 cm³/mol. The maximum Gasteiger partial charge on any atom is 0.269 e. The lowest BCUT2D eigenvalue weighted by atomic mass is 10.2. The maximum absolute atomic E-state index is 11.0. The van der Waals surface area contributed by atoms with Crippen LogP contribution in [0.4, 0.5) is 0 Å². The quantitative estimate of drug-likeness (QED) is 0.656. The smallest absolute Gasteiger partial charge is 0.269 e. The van der Waals surface area contributed by atoms with Gasteiger partial charge in [-0.05, 0) is 12.1 Å². The molecular weight excluding hydrogens is 218 g/mol. The number of nitrogens with zero attached hydrogens (tertiary/aromatic N) is 4. The molecule has 0 saturated heterocycles. The number of nitrogens with two attached hydrogens (primary N) is 1. The van der Waals surface area contributed by atoms with Crippen molar-refractivity contribution >= 4 is 27.8 Å². The molecule has 0 saturated carbocycles. The monoisotopic (exact) mass is 225 g/mol. The molecule has 0 fully saturated rings. The first-order chi connectivity index (χ1) is 8.25. The summed E-state index contributed by atoms with van der Waals surface area (Å²) in [6.45, 7) is 0. The third-order valence-electron chi connectivity index (χ3n) is 2.48. The highest BCUT2D eigenvalue weighted by molar-refractivity contribution is 6.01. The molecule has 2 N–H and O–H groups in total. The third-order valence-corrected chi connectivity index (χ3v) is 2.48. The molecule has 0 aliphatic carbocycles. The molecule has 2 heterocycles. The first-order valence-corrected chi connectivity index (χ1v) is 4.92. The van der Waals surface area contributed by atoms with Crippen molar-refractivity contribution in [2.24, 2.45) is 5.73 Å². The number of amides is 1. The van der Waals surface area contributed by atoms with Crippen LogP contribution in [0.1, 0.15) is 10.5 Å². The number of hydrogen-bond donors (Lipinski definition) is 1. The highest BCUT2D eigenvalue weighted by Crippen LogP contribution is 2.19. The molecule has 3 aromatic rings. The van der Waals surface area contributed by atoms with Gasteiger partial charge in [-0.2, -0.15) is 0 Å². The number of imidazole rings is 1. The van der Waals surface area contributed by atoms with Crippen LogP contribution in [0.3, 0.4) is 0 Å². The zero-order chi connectivity index (χ0) is 11.8. The number of hydrogen-bond acceptors (Lipinski definition) is 5. The summed E-state index contributed by atoms with van der Waals surface area (Å²) in [5.74, 6) is -0.609. The Kier molecular flexibility index (Phi) is 1.94. The van der Waals surface area contributed by atoms with E-state index < -0.39 is 5.91 Å². The second kappa shape index (κ2) is 3.44. The van der Waals surface area contributed by atoms with Crippen molar-refractivity contribution < 1.29 is 4.79 Å². The Labute approximate surface area is 95.5 Å². The molecule has 6 heteroatoms. The van der Waals surface area contributed by atoms with E-state index in [1.807, 2.05) is 12.1 Å². The average molecular weight is 225 g/mol. The van der Waals surface area contributed by atoms with E-state index in [1.165, 1.54) is 6.33 Å². The Morgan fingerprint density at radius 3 is 2.65 bits per heavy atom. The van der Waals surface area contributed by atoms with Crippen molar-refractivity contribution in [2.45, 2.75) is 0 Å². The lowest BCUT2D eigenvalue weighted by Gasteiger charge is -1.90. The van der Waals surface area contributed by atoms with Crippen LogP contribution in [-0.4, -0.2) is 26.1 Å². The fourth-order valence-electron chi connectivity index (χ4n) is 1.64. The van der Waals surface area contributed by atoms with Crippen molar-refractivity contribution in [3.8, 4) is 0 Å². The molecule has 17 heavy (non-hydrogen) atoms. The standard InChI is InChI=1S/C11H7N5O/c12-11(17)8-4-2-6-1-3-7-10(14-5-13-7)9(6)16-15-8/h1-5H,(H2,12,17). The molecule has 0 bridgehead atoms. The number of carbonyl (C=O) groups excluding carboxylic acids is 1. The van der Waals surface area contributed by atoms with Gasteiger partial charge in [0.05, 0.1) is 5.52 Å². The Morgan fingerprint density at radius 2 is 1.82 bits per heavy atom. The minimum absolute atomic E-state index is 0.119. The van der Waals surface area contributed by atoms with E-state index in [9.17, 15) is 4.79 Å². The van der Waals surface area contributed by atoms with E-state index in [4.69, 9.17) is 5.73 Å². The van der Waals surface area contributed by atoms with Crippen LogP contribution in [0.5, 0.6) is 0 Å². The summed E-state index contributed by atoms with van der Waals surface area (Å²) < 4.78 is 0. The fourth-order valence-corrected chi connectivity index (χ4v) is 1.64. The first kappa shape index (κ1) is 9.59. The van der Waals surface area contributed by atoms with Gasteiger partial charge >= 0.3 is 0 Å². The number of benzene rings is 1. The van der Waals surface area contributed by atoms with Gasteiger partial charge in [-0.15, -0.1) is 10.2 Å². The molecule has 1 aromatic carbocycles. The highest BCUT2D eigenvalue weighted by atomic mass is 16.1. The lowest BCUT2D eigenvalue weighted by molar-refractivity contribution is 0.0995. The van der Waals surface area contributed by atoms with Crippen molar-refractivity contribution in [2.75, 3.05) is 0 Å². The molecule has 2 aromatic heterocycles. The van der Waals surface area contributed by atoms with Gasteiger partial charge in [-0.3, -0.25) is 4.79 Å². The summed E-state index contributed by atoms with van der Waals surface area (Å²) in [5.41, 5.74) is 7.30. The predicted octanol–water partition coefficient (Wildman–Crippen LogP) is 0.672. The zero-order valence-electron chi connectivity index (χ0n) is 8.66. The Bertz CT molecular complexity index is 740. The van der Waals surface area contributed by atoms with Crippen LogP contribution in [-0.2, 0) is 0 Å². The maximum atomic E-state index is 11.0. The minimum atomic E-state index is -0.609. The van der Waals surface area contributed by atoms with E-state index in [2.05, 4.69) is 20.2 Å². The molecule has 6 nitrogen and oxygen atoms in total. The molecule has 82 valence electrons. The first-order valence-electron chi connectivity index (χ1n) is 4.92. The normalized spacial score (nSPS) is 10.8. The van der Waals surface area contributed by atoms with Crippen LogP contribution in [0.2, 0.25) is 0 Å². The number of carbonyl (C=O) groups is 1. The van der Waals surface area contributed by atoms with Crippen LogP contribution in [0.15, 0.2) is 30.6 Å². The van der Waals surface area contributed by atoms with E-state index in [0.717, 1.165) is 10.9 Å². The van der Waals surface area contributed by atoms with Gasteiger partial charge in [0.25, 0.3) is 5.91 Å². The average Bonchev–Trinajstić information content (AvgIpc) is 2.67. The van der Waals surface area contributed by atoms with Crippen molar-refractivity contribution in [3.63, 3.8) is 0 Å². The molecule has 1 amide bonds. The zero-order valence-corrected chi connectivity index (χ0v) is 8.66. The van der Waals surface area contributed by atoms with Crippen molar-refractivity contribution in [1.82, 2.24) is 20.2 Å². The number of aromatic nitrogens is 4. The molecule has 0 radical (unpaired) electrons. The summed E-state index contributed by atoms with van der Waals surface area (Å²) in [6.07, 6.45) is 1.47. The summed E-state index contributed by atoms with van der Waals surface area (Å²) >= 11 is 0. The summed E-state index contributed by atoms with van der Waals surface area (Å²) in [7, 11) is 0. The Hall–Kier alpha value is -2.63. The highest BCUT2D eigenvalue weighted by Gasteiger charge is 2.06. The van der Waals surface area contributed by atoms with Crippen LogP contribution >= 0.6 is 0 Å². The number of fused-ring (bicyclic) bond motifs is 3. The van der Waals surface area contributed by atoms with Crippen LogP contribution in [0, 0.1) is 0 Å². The summed E-state index contributed by atoms with van der Waals surface area (Å²) in [4.78, 5) is 19.2. The third kappa shape index (κ3) is 1.46. The molecule has 0 aliphatic rings.